The lowest BCUT2D eigenvalue weighted by atomic mass is 10.1. The maximum Gasteiger partial charge on any atom is 0.108 e. The van der Waals surface area contributed by atoms with Crippen molar-refractivity contribution in [3.05, 3.63) is 28.0 Å². The van der Waals surface area contributed by atoms with Gasteiger partial charge in [-0.25, -0.2) is 4.98 Å². The molecule has 0 spiro atoms. The van der Waals surface area contributed by atoms with Crippen LogP contribution >= 0.6 is 15.9 Å². The molecule has 1 aromatic heterocycles. The van der Waals surface area contributed by atoms with Gasteiger partial charge in [-0.1, -0.05) is 0 Å². The Labute approximate surface area is 97.5 Å². The predicted octanol–water partition coefficient (Wildman–Crippen LogP) is 0.768. The molecule has 0 radical (unpaired) electrons. The molecule has 15 heavy (non-hydrogen) atoms. The van der Waals surface area contributed by atoms with Gasteiger partial charge < -0.3 is 15.5 Å². The van der Waals surface area contributed by atoms with E-state index < -0.39 is 6.10 Å². The van der Waals surface area contributed by atoms with Crippen molar-refractivity contribution < 1.29 is 10.2 Å². The quantitative estimate of drug-likeness (QED) is 0.548. The molecule has 0 aromatic carbocycles. The normalized spacial score (nSPS) is 12.8. The van der Waals surface area contributed by atoms with Gasteiger partial charge >= 0.3 is 0 Å². The van der Waals surface area contributed by atoms with Crippen molar-refractivity contribution in [3.63, 3.8) is 0 Å². The second kappa shape index (κ2) is 6.17. The van der Waals surface area contributed by atoms with E-state index in [1.807, 2.05) is 13.0 Å². The molecule has 5 heteroatoms. The van der Waals surface area contributed by atoms with Crippen molar-refractivity contribution >= 4 is 15.9 Å². The first kappa shape index (κ1) is 12.6. The summed E-state index contributed by atoms with van der Waals surface area (Å²) < 4.78 is 0.793. The van der Waals surface area contributed by atoms with Crippen molar-refractivity contribution in [1.29, 1.82) is 0 Å². The number of hydrogen-bond donors (Lipinski definition) is 3. The van der Waals surface area contributed by atoms with E-state index in [2.05, 4.69) is 26.2 Å². The van der Waals surface area contributed by atoms with Crippen LogP contribution in [0.3, 0.4) is 0 Å². The fraction of sp³-hybridized carbons (Fsp3) is 0.500. The first-order chi connectivity index (χ1) is 7.15. The van der Waals surface area contributed by atoms with Gasteiger partial charge in [-0.05, 0) is 34.5 Å². The van der Waals surface area contributed by atoms with E-state index in [1.165, 1.54) is 0 Å². The predicted molar refractivity (Wildman–Crippen MR) is 61.6 cm³/mol. The van der Waals surface area contributed by atoms with Crippen LogP contribution in [-0.2, 0) is 0 Å². The van der Waals surface area contributed by atoms with Crippen LogP contribution in [-0.4, -0.2) is 34.9 Å². The molecule has 1 atom stereocenters. The van der Waals surface area contributed by atoms with Gasteiger partial charge in [0.1, 0.15) is 4.60 Å². The average molecular weight is 275 g/mol. The Morgan fingerprint density at radius 1 is 1.60 bits per heavy atom. The number of halogens is 1. The molecule has 3 N–H and O–H groups in total. The minimum absolute atomic E-state index is 0.0737. The van der Waals surface area contributed by atoms with Crippen LogP contribution < -0.4 is 5.32 Å². The first-order valence-electron chi connectivity index (χ1n) is 4.77. The topological polar surface area (TPSA) is 65.4 Å². The standard InChI is InChI=1S/C10H15BrN2O2/c1-7-4-8(5-13-10(7)11)9(15)6-12-2-3-14/h4-5,9,12,14-15H,2-3,6H2,1H3. The van der Waals surface area contributed by atoms with E-state index in [9.17, 15) is 5.11 Å². The molecule has 0 fully saturated rings. The van der Waals surface area contributed by atoms with E-state index >= 15 is 0 Å². The summed E-state index contributed by atoms with van der Waals surface area (Å²) in [5.74, 6) is 0. The number of nitrogens with one attached hydrogen (secondary N) is 1. The molecular formula is C10H15BrN2O2. The summed E-state index contributed by atoms with van der Waals surface area (Å²) in [7, 11) is 0. The SMILES string of the molecule is Cc1cc(C(O)CNCCO)cnc1Br. The summed E-state index contributed by atoms with van der Waals surface area (Å²) in [6.07, 6.45) is 1.05. The second-order valence-electron chi connectivity index (χ2n) is 3.32. The Morgan fingerprint density at radius 3 is 2.93 bits per heavy atom. The summed E-state index contributed by atoms with van der Waals surface area (Å²) in [5.41, 5.74) is 1.77. The van der Waals surface area contributed by atoms with Crippen LogP contribution in [0, 0.1) is 6.92 Å². The van der Waals surface area contributed by atoms with Crippen molar-refractivity contribution in [1.82, 2.24) is 10.3 Å². The molecule has 0 aliphatic heterocycles. The molecule has 0 aliphatic rings. The van der Waals surface area contributed by atoms with Crippen LogP contribution in [0.5, 0.6) is 0 Å². The average Bonchev–Trinajstić information content (AvgIpc) is 2.22. The van der Waals surface area contributed by atoms with Crippen LogP contribution in [0.15, 0.2) is 16.9 Å². The molecule has 1 unspecified atom stereocenters. The van der Waals surface area contributed by atoms with Crippen LogP contribution in [0.25, 0.3) is 0 Å². The zero-order valence-corrected chi connectivity index (χ0v) is 10.2. The Hall–Kier alpha value is -0.490. The Balaban J connectivity index is 2.57. The van der Waals surface area contributed by atoms with Gasteiger partial charge in [0.2, 0.25) is 0 Å². The maximum absolute atomic E-state index is 9.76. The van der Waals surface area contributed by atoms with E-state index in [1.54, 1.807) is 6.20 Å². The van der Waals surface area contributed by atoms with Crippen LogP contribution in [0.2, 0.25) is 0 Å². The molecule has 84 valence electrons. The molecule has 0 saturated carbocycles. The number of pyridine rings is 1. The molecule has 0 aliphatic carbocycles. The van der Waals surface area contributed by atoms with Gasteiger partial charge in [0.25, 0.3) is 0 Å². The number of hydrogen-bond acceptors (Lipinski definition) is 4. The highest BCUT2D eigenvalue weighted by atomic mass is 79.9. The highest BCUT2D eigenvalue weighted by molar-refractivity contribution is 9.10. The fourth-order valence-electron chi connectivity index (χ4n) is 1.20. The smallest absolute Gasteiger partial charge is 0.108 e. The minimum Gasteiger partial charge on any atom is -0.395 e. The maximum atomic E-state index is 9.76. The Kier molecular flexibility index (Phi) is 5.17. The van der Waals surface area contributed by atoms with E-state index in [-0.39, 0.29) is 6.61 Å². The number of nitrogens with zero attached hydrogens (tertiary/aromatic N) is 1. The number of aryl methyl sites for hydroxylation is 1. The van der Waals surface area contributed by atoms with E-state index in [0.717, 1.165) is 15.7 Å². The molecule has 0 saturated heterocycles. The minimum atomic E-state index is -0.587. The van der Waals surface area contributed by atoms with Crippen molar-refractivity contribution in [3.8, 4) is 0 Å². The van der Waals surface area contributed by atoms with Gasteiger partial charge in [-0.15, -0.1) is 0 Å². The zero-order chi connectivity index (χ0) is 11.3. The third-order valence-electron chi connectivity index (χ3n) is 2.05. The Morgan fingerprint density at radius 2 is 2.33 bits per heavy atom. The highest BCUT2D eigenvalue weighted by Crippen LogP contribution is 2.17. The van der Waals surface area contributed by atoms with E-state index in [0.29, 0.717) is 13.1 Å². The number of aromatic nitrogens is 1. The molecule has 1 heterocycles. The van der Waals surface area contributed by atoms with Crippen molar-refractivity contribution in [2.45, 2.75) is 13.0 Å². The second-order valence-corrected chi connectivity index (χ2v) is 4.07. The summed E-state index contributed by atoms with van der Waals surface area (Å²) >= 11 is 3.30. The zero-order valence-electron chi connectivity index (χ0n) is 8.57. The monoisotopic (exact) mass is 274 g/mol. The van der Waals surface area contributed by atoms with Gasteiger partial charge in [-0.2, -0.15) is 0 Å². The van der Waals surface area contributed by atoms with Crippen LogP contribution in [0.4, 0.5) is 0 Å². The molecule has 4 nitrogen and oxygen atoms in total. The first-order valence-corrected chi connectivity index (χ1v) is 5.56. The number of aliphatic hydroxyl groups is 2. The van der Waals surface area contributed by atoms with E-state index in [4.69, 9.17) is 5.11 Å². The molecule has 1 rings (SSSR count). The molecule has 0 amide bonds. The third kappa shape index (κ3) is 3.87. The highest BCUT2D eigenvalue weighted by Gasteiger charge is 2.08. The fourth-order valence-corrected chi connectivity index (χ4v) is 1.41. The number of aliphatic hydroxyl groups excluding tert-OH is 2. The van der Waals surface area contributed by atoms with Crippen molar-refractivity contribution in [2.75, 3.05) is 19.7 Å². The van der Waals surface area contributed by atoms with Gasteiger partial charge in [0, 0.05) is 24.8 Å². The lowest BCUT2D eigenvalue weighted by molar-refractivity contribution is 0.170. The van der Waals surface area contributed by atoms with Crippen molar-refractivity contribution in [2.24, 2.45) is 0 Å². The van der Waals surface area contributed by atoms with Gasteiger partial charge in [0.05, 0.1) is 12.7 Å². The molecule has 1 aromatic rings. The lowest BCUT2D eigenvalue weighted by Crippen LogP contribution is -2.24. The van der Waals surface area contributed by atoms with Crippen LogP contribution in [0.1, 0.15) is 17.2 Å². The largest absolute Gasteiger partial charge is 0.395 e. The summed E-state index contributed by atoms with van der Waals surface area (Å²) in [5, 5.41) is 21.3. The lowest BCUT2D eigenvalue weighted by Gasteiger charge is -2.12. The van der Waals surface area contributed by atoms with Gasteiger partial charge in [0.15, 0.2) is 0 Å². The molecule has 0 bridgehead atoms. The van der Waals surface area contributed by atoms with Gasteiger partial charge in [-0.3, -0.25) is 0 Å². The summed E-state index contributed by atoms with van der Waals surface area (Å²) in [6, 6.07) is 1.89. The third-order valence-corrected chi connectivity index (χ3v) is 2.88. The number of rotatable bonds is 5. The molecular weight excluding hydrogens is 260 g/mol. The summed E-state index contributed by atoms with van der Waals surface area (Å²) in [4.78, 5) is 4.11. The summed E-state index contributed by atoms with van der Waals surface area (Å²) in [6.45, 7) is 2.90. The Bertz CT molecular complexity index is 320.